The molecule has 25 heavy (non-hydrogen) atoms. The summed E-state index contributed by atoms with van der Waals surface area (Å²) in [6.07, 6.45) is 2.15. The van der Waals surface area contributed by atoms with E-state index in [1.807, 2.05) is 13.8 Å². The monoisotopic (exact) mass is 366 g/mol. The maximum Gasteiger partial charge on any atom is 0.310 e. The van der Waals surface area contributed by atoms with Crippen LogP contribution in [0.15, 0.2) is 23.8 Å². The lowest BCUT2D eigenvalue weighted by Gasteiger charge is -2.10. The predicted octanol–water partition coefficient (Wildman–Crippen LogP) is 4.23. The Morgan fingerprint density at radius 1 is 1.28 bits per heavy atom. The van der Waals surface area contributed by atoms with Crippen LogP contribution in [0, 0.1) is 17.3 Å². The maximum absolute atomic E-state index is 12.3. The Morgan fingerprint density at radius 2 is 1.96 bits per heavy atom. The first-order valence-electron chi connectivity index (χ1n) is 8.34. The molecule has 5 nitrogen and oxygen atoms in total. The van der Waals surface area contributed by atoms with Crippen molar-refractivity contribution >= 4 is 17.6 Å². The van der Waals surface area contributed by atoms with Gasteiger partial charge in [-0.1, -0.05) is 37.1 Å². The number of rotatable bonds is 6. The van der Waals surface area contributed by atoms with Crippen LogP contribution in [0.1, 0.15) is 27.7 Å². The molecule has 136 valence electrons. The van der Waals surface area contributed by atoms with Gasteiger partial charge in [0.25, 0.3) is 0 Å². The highest BCUT2D eigenvalue weighted by Crippen LogP contribution is 2.59. The second-order valence-corrected chi connectivity index (χ2v) is 7.63. The minimum Gasteiger partial charge on any atom is -0.488 e. The van der Waals surface area contributed by atoms with Crippen LogP contribution in [-0.2, 0) is 9.53 Å². The molecule has 1 fully saturated rings. The zero-order chi connectivity index (χ0) is 18.2. The number of hydrogen-bond donors (Lipinski definition) is 0. The summed E-state index contributed by atoms with van der Waals surface area (Å²) in [5.74, 6) is 1.67. The summed E-state index contributed by atoms with van der Waals surface area (Å²) in [6, 6.07) is 3.34. The lowest BCUT2D eigenvalue weighted by atomic mass is 10.1. The molecule has 2 atom stereocenters. The Balaban J connectivity index is 1.48. The summed E-state index contributed by atoms with van der Waals surface area (Å²) in [5, 5.41) is 0.433. The molecule has 0 aromatic heterocycles. The van der Waals surface area contributed by atoms with Crippen molar-refractivity contribution in [2.75, 3.05) is 20.0 Å². The van der Waals surface area contributed by atoms with Gasteiger partial charge in [-0.25, -0.2) is 0 Å². The molecule has 1 aromatic rings. The van der Waals surface area contributed by atoms with Gasteiger partial charge in [-0.3, -0.25) is 4.79 Å². The molecule has 0 N–H and O–H groups in total. The van der Waals surface area contributed by atoms with Crippen molar-refractivity contribution < 1.29 is 23.7 Å². The van der Waals surface area contributed by atoms with Crippen molar-refractivity contribution in [2.24, 2.45) is 17.3 Å². The Hall–Kier alpha value is -1.88. The summed E-state index contributed by atoms with van der Waals surface area (Å²) in [4.78, 5) is 12.3. The van der Waals surface area contributed by atoms with Crippen molar-refractivity contribution in [3.05, 3.63) is 28.8 Å². The van der Waals surface area contributed by atoms with Gasteiger partial charge in [-0.05, 0) is 25.2 Å². The summed E-state index contributed by atoms with van der Waals surface area (Å²) in [6.45, 7) is 8.84. The highest BCUT2D eigenvalue weighted by Gasteiger charge is 2.61. The van der Waals surface area contributed by atoms with Gasteiger partial charge >= 0.3 is 5.97 Å². The molecule has 0 radical (unpaired) electrons. The molecular formula is C19H23ClO5. The van der Waals surface area contributed by atoms with Gasteiger partial charge < -0.3 is 18.9 Å². The molecule has 0 unspecified atom stereocenters. The van der Waals surface area contributed by atoms with Gasteiger partial charge in [0.1, 0.15) is 19.0 Å². The molecule has 0 bridgehead atoms. The number of hydrogen-bond acceptors (Lipinski definition) is 5. The van der Waals surface area contributed by atoms with Crippen LogP contribution in [0.3, 0.4) is 0 Å². The maximum atomic E-state index is 12.3. The van der Waals surface area contributed by atoms with E-state index in [4.69, 9.17) is 30.5 Å². The fourth-order valence-electron chi connectivity index (χ4n) is 3.19. The van der Waals surface area contributed by atoms with Crippen LogP contribution in [0.2, 0.25) is 5.02 Å². The Morgan fingerprint density at radius 3 is 2.64 bits per heavy atom. The number of ether oxygens (including phenoxy) is 4. The van der Waals surface area contributed by atoms with Crippen molar-refractivity contribution in [1.82, 2.24) is 0 Å². The first kappa shape index (κ1) is 17.9. The number of halogens is 1. The predicted molar refractivity (Wildman–Crippen MR) is 94.2 cm³/mol. The summed E-state index contributed by atoms with van der Waals surface area (Å²) >= 11 is 6.14. The minimum absolute atomic E-state index is 0.0458. The van der Waals surface area contributed by atoms with E-state index in [9.17, 15) is 4.79 Å². The molecule has 0 spiro atoms. The Labute approximate surface area is 152 Å². The third-order valence-corrected chi connectivity index (χ3v) is 4.99. The van der Waals surface area contributed by atoms with E-state index >= 15 is 0 Å². The smallest absolute Gasteiger partial charge is 0.310 e. The minimum atomic E-state index is -0.173. The number of esters is 1. The molecule has 1 saturated carbocycles. The standard InChI is InChI=1S/C19H23ClO5/c1-11(2)7-12-17(19(12,3)4)18(21)23-6-5-22-14-9-16-15(8-13(14)20)24-10-25-16/h7-9,12,17H,5-6,10H2,1-4H3/t12-,17+/m1/s1. The quantitative estimate of drug-likeness (QED) is 0.428. The largest absolute Gasteiger partial charge is 0.488 e. The molecule has 0 saturated heterocycles. The van der Waals surface area contributed by atoms with E-state index in [2.05, 4.69) is 19.9 Å². The average Bonchev–Trinajstić information content (AvgIpc) is 2.86. The molecule has 0 amide bonds. The lowest BCUT2D eigenvalue weighted by Crippen LogP contribution is -2.15. The molecule has 2 aliphatic rings. The number of allylic oxidation sites excluding steroid dienone is 2. The van der Waals surface area contributed by atoms with Crippen LogP contribution in [0.5, 0.6) is 17.2 Å². The third kappa shape index (κ3) is 3.71. The molecule has 3 rings (SSSR count). The van der Waals surface area contributed by atoms with Crippen molar-refractivity contribution in [2.45, 2.75) is 27.7 Å². The van der Waals surface area contributed by atoms with Crippen molar-refractivity contribution in [1.29, 1.82) is 0 Å². The van der Waals surface area contributed by atoms with Crippen LogP contribution in [0.4, 0.5) is 0 Å². The molecule has 1 heterocycles. The average molecular weight is 367 g/mol. The lowest BCUT2D eigenvalue weighted by molar-refractivity contribution is -0.146. The number of benzene rings is 1. The number of carbonyl (C=O) groups is 1. The van der Waals surface area contributed by atoms with Crippen LogP contribution < -0.4 is 14.2 Å². The van der Waals surface area contributed by atoms with E-state index in [1.165, 1.54) is 5.57 Å². The van der Waals surface area contributed by atoms with Gasteiger partial charge in [-0.15, -0.1) is 0 Å². The highest BCUT2D eigenvalue weighted by atomic mass is 35.5. The second-order valence-electron chi connectivity index (χ2n) is 7.22. The SMILES string of the molecule is CC(C)=C[C@@H]1[C@@H](C(=O)OCCOc2cc3c(cc2Cl)OCO3)C1(C)C. The fourth-order valence-corrected chi connectivity index (χ4v) is 3.40. The second kappa shape index (κ2) is 6.79. The fraction of sp³-hybridized carbons (Fsp3) is 0.526. The molecule has 1 aromatic carbocycles. The number of fused-ring (bicyclic) bond motifs is 1. The van der Waals surface area contributed by atoms with E-state index in [0.717, 1.165) is 0 Å². The zero-order valence-corrected chi connectivity index (χ0v) is 15.7. The topological polar surface area (TPSA) is 54.0 Å². The van der Waals surface area contributed by atoms with Crippen LogP contribution in [-0.4, -0.2) is 26.0 Å². The van der Waals surface area contributed by atoms with Crippen molar-refractivity contribution in [3.8, 4) is 17.2 Å². The van der Waals surface area contributed by atoms with Gasteiger partial charge in [0.15, 0.2) is 11.5 Å². The molecule has 6 heteroatoms. The van der Waals surface area contributed by atoms with Gasteiger partial charge in [0.05, 0.1) is 10.9 Å². The summed E-state index contributed by atoms with van der Waals surface area (Å²) in [5.41, 5.74) is 1.17. The highest BCUT2D eigenvalue weighted by molar-refractivity contribution is 6.32. The molecule has 1 aliphatic carbocycles. The van der Waals surface area contributed by atoms with Gasteiger partial charge in [0.2, 0.25) is 6.79 Å². The first-order valence-corrected chi connectivity index (χ1v) is 8.72. The first-order chi connectivity index (χ1) is 11.8. The van der Waals surface area contributed by atoms with E-state index in [-0.39, 0.29) is 43.2 Å². The van der Waals surface area contributed by atoms with Crippen LogP contribution >= 0.6 is 11.6 Å². The number of carbonyl (C=O) groups excluding carboxylic acids is 1. The summed E-state index contributed by atoms with van der Waals surface area (Å²) < 4.78 is 21.5. The normalized spacial score (nSPS) is 22.3. The molecular weight excluding hydrogens is 344 g/mol. The van der Waals surface area contributed by atoms with Gasteiger partial charge in [0, 0.05) is 12.1 Å². The van der Waals surface area contributed by atoms with E-state index in [1.54, 1.807) is 12.1 Å². The zero-order valence-electron chi connectivity index (χ0n) is 14.9. The van der Waals surface area contributed by atoms with E-state index in [0.29, 0.717) is 22.3 Å². The Kier molecular flexibility index (Phi) is 4.87. The third-order valence-electron chi connectivity index (χ3n) is 4.69. The molecule has 1 aliphatic heterocycles. The summed E-state index contributed by atoms with van der Waals surface area (Å²) in [7, 11) is 0. The van der Waals surface area contributed by atoms with Gasteiger partial charge in [-0.2, -0.15) is 0 Å². The van der Waals surface area contributed by atoms with E-state index < -0.39 is 0 Å². The van der Waals surface area contributed by atoms with Crippen molar-refractivity contribution in [3.63, 3.8) is 0 Å². The van der Waals surface area contributed by atoms with Crippen LogP contribution in [0.25, 0.3) is 0 Å². The Bertz CT molecular complexity index is 706.